The second-order valence-electron chi connectivity index (χ2n) is 2.93. The molecule has 4 nitrogen and oxygen atoms in total. The fraction of sp³-hybridized carbons (Fsp3) is 0.400. The molecule has 0 atom stereocenters. The summed E-state index contributed by atoms with van der Waals surface area (Å²) in [5.41, 5.74) is 8.81. The van der Waals surface area contributed by atoms with Gasteiger partial charge in [-0.15, -0.1) is 0 Å². The van der Waals surface area contributed by atoms with Crippen LogP contribution in [-0.4, -0.2) is 11.9 Å². The molecule has 0 bridgehead atoms. The largest absolute Gasteiger partial charge is 0.494 e. The molecule has 5 heteroatoms. The average Bonchev–Trinajstić information content (AvgIpc) is 2.27. The number of halogens is 1. The van der Waals surface area contributed by atoms with E-state index < -0.39 is 0 Å². The maximum absolute atomic E-state index is 8.21. The van der Waals surface area contributed by atoms with Crippen molar-refractivity contribution in [3.8, 4) is 5.75 Å². The Kier molecular flexibility index (Phi) is 5.66. The summed E-state index contributed by atoms with van der Waals surface area (Å²) in [6.07, 6.45) is 2.14. The highest BCUT2D eigenvalue weighted by Crippen LogP contribution is 2.18. The molecule has 0 fully saturated rings. The van der Waals surface area contributed by atoms with Gasteiger partial charge in [-0.25, -0.2) is 0 Å². The molecular weight excluding hydrogens is 258 g/mol. The van der Waals surface area contributed by atoms with Crippen molar-refractivity contribution >= 4 is 21.6 Å². The molecule has 0 amide bonds. The molecule has 0 aliphatic carbocycles. The monoisotopic (exact) mass is 269 g/mol. The zero-order valence-corrected chi connectivity index (χ0v) is 9.85. The Labute approximate surface area is 97.0 Å². The van der Waals surface area contributed by atoms with Crippen LogP contribution in [0.1, 0.15) is 12.8 Å². The summed E-state index contributed by atoms with van der Waals surface area (Å²) < 4.78 is 5.49. The molecule has 1 aromatic carbocycles. The van der Waals surface area contributed by atoms with Crippen molar-refractivity contribution in [1.29, 1.82) is 0 Å². The number of unbranched alkanes of at least 4 members (excludes halogenated alkanes) is 1. The lowest BCUT2D eigenvalue weighted by Crippen LogP contribution is -1.96. The summed E-state index contributed by atoms with van der Waals surface area (Å²) in [4.78, 5) is 2.70. The average molecular weight is 270 g/mol. The molecule has 15 heavy (non-hydrogen) atoms. The van der Waals surface area contributed by atoms with Gasteiger partial charge in [-0.3, -0.25) is 0 Å². The molecule has 0 spiro atoms. The third kappa shape index (κ3) is 4.72. The highest BCUT2D eigenvalue weighted by atomic mass is 79.9. The third-order valence-corrected chi connectivity index (χ3v) is 2.35. The van der Waals surface area contributed by atoms with Gasteiger partial charge in [-0.05, 0) is 42.6 Å². The van der Waals surface area contributed by atoms with E-state index in [1.54, 1.807) is 24.3 Å². The molecule has 0 heterocycles. The van der Waals surface area contributed by atoms with Crippen LogP contribution in [0.2, 0.25) is 0 Å². The van der Waals surface area contributed by atoms with Gasteiger partial charge in [0.05, 0.1) is 6.61 Å². The van der Waals surface area contributed by atoms with Crippen LogP contribution < -0.4 is 4.74 Å². The minimum absolute atomic E-state index is 0.602. The molecule has 0 aromatic heterocycles. The van der Waals surface area contributed by atoms with Gasteiger partial charge in [0.15, 0.2) is 0 Å². The van der Waals surface area contributed by atoms with Crippen molar-refractivity contribution in [3.05, 3.63) is 34.7 Å². The highest BCUT2D eigenvalue weighted by molar-refractivity contribution is 9.09. The van der Waals surface area contributed by atoms with Crippen molar-refractivity contribution in [2.45, 2.75) is 12.8 Å². The minimum Gasteiger partial charge on any atom is -0.494 e. The van der Waals surface area contributed by atoms with Crippen LogP contribution in [0.4, 0.5) is 5.69 Å². The number of alkyl halides is 1. The number of benzene rings is 1. The third-order valence-electron chi connectivity index (χ3n) is 1.79. The van der Waals surface area contributed by atoms with E-state index in [1.165, 1.54) is 0 Å². The van der Waals surface area contributed by atoms with Crippen LogP contribution in [0.15, 0.2) is 29.4 Å². The fourth-order valence-corrected chi connectivity index (χ4v) is 1.44. The van der Waals surface area contributed by atoms with Crippen molar-refractivity contribution in [2.24, 2.45) is 5.11 Å². The zero-order valence-electron chi connectivity index (χ0n) is 8.27. The molecular formula is C10H12BrN3O. The Morgan fingerprint density at radius 1 is 1.27 bits per heavy atom. The normalized spacial score (nSPS) is 9.40. The maximum Gasteiger partial charge on any atom is 0.119 e. The molecule has 0 radical (unpaired) electrons. The van der Waals surface area contributed by atoms with Crippen molar-refractivity contribution in [3.63, 3.8) is 0 Å². The van der Waals surface area contributed by atoms with E-state index in [4.69, 9.17) is 10.3 Å². The van der Waals surface area contributed by atoms with E-state index in [0.717, 1.165) is 23.9 Å². The lowest BCUT2D eigenvalue weighted by Gasteiger charge is -2.04. The Bertz CT molecular complexity index is 333. The van der Waals surface area contributed by atoms with Gasteiger partial charge in [-0.2, -0.15) is 0 Å². The number of hydrogen-bond donors (Lipinski definition) is 0. The lowest BCUT2D eigenvalue weighted by molar-refractivity contribution is 0.310. The molecule has 0 saturated carbocycles. The summed E-state index contributed by atoms with van der Waals surface area (Å²) in [6, 6.07) is 7.08. The van der Waals surface area contributed by atoms with Gasteiger partial charge < -0.3 is 4.74 Å². The van der Waals surface area contributed by atoms with Gasteiger partial charge in [0.25, 0.3) is 0 Å². The van der Waals surface area contributed by atoms with Gasteiger partial charge in [-0.1, -0.05) is 21.0 Å². The first kappa shape index (κ1) is 11.9. The van der Waals surface area contributed by atoms with E-state index >= 15 is 0 Å². The van der Waals surface area contributed by atoms with E-state index in [2.05, 4.69) is 26.0 Å². The van der Waals surface area contributed by atoms with E-state index in [-0.39, 0.29) is 0 Å². The predicted molar refractivity (Wildman–Crippen MR) is 63.8 cm³/mol. The van der Waals surface area contributed by atoms with Crippen molar-refractivity contribution < 1.29 is 4.74 Å². The SMILES string of the molecule is [N-]=[N+]=Nc1ccc(OCCCCBr)cc1. The Morgan fingerprint density at radius 2 is 2.00 bits per heavy atom. The predicted octanol–water partition coefficient (Wildman–Crippen LogP) is 4.18. The first-order valence-electron chi connectivity index (χ1n) is 4.71. The Hall–Kier alpha value is -1.19. The number of azide groups is 1. The van der Waals surface area contributed by atoms with Crippen LogP contribution in [-0.2, 0) is 0 Å². The standard InChI is InChI=1S/C10H12BrN3O/c11-7-1-2-8-15-10-5-3-9(4-6-10)13-14-12/h3-6H,1-2,7-8H2. The molecule has 0 aliphatic rings. The summed E-state index contributed by atoms with van der Waals surface area (Å²) in [7, 11) is 0. The summed E-state index contributed by atoms with van der Waals surface area (Å²) in [6.45, 7) is 0.715. The fourth-order valence-electron chi connectivity index (χ4n) is 1.05. The molecule has 0 aliphatic heterocycles. The van der Waals surface area contributed by atoms with Crippen LogP contribution in [0.5, 0.6) is 5.75 Å². The molecule has 0 unspecified atom stereocenters. The molecule has 0 N–H and O–H groups in total. The van der Waals surface area contributed by atoms with Gasteiger partial charge >= 0.3 is 0 Å². The van der Waals surface area contributed by atoms with Crippen LogP contribution >= 0.6 is 15.9 Å². The second kappa shape index (κ2) is 7.15. The quantitative estimate of drug-likeness (QED) is 0.251. The van der Waals surface area contributed by atoms with E-state index in [1.807, 2.05) is 0 Å². The molecule has 80 valence electrons. The van der Waals surface area contributed by atoms with Crippen LogP contribution in [0.3, 0.4) is 0 Å². The van der Waals surface area contributed by atoms with Gasteiger partial charge in [0.1, 0.15) is 5.75 Å². The molecule has 1 aromatic rings. The Morgan fingerprint density at radius 3 is 2.60 bits per heavy atom. The number of nitrogens with zero attached hydrogens (tertiary/aromatic N) is 3. The van der Waals surface area contributed by atoms with E-state index in [0.29, 0.717) is 12.3 Å². The molecule has 0 saturated heterocycles. The van der Waals surface area contributed by atoms with Gasteiger partial charge in [0.2, 0.25) is 0 Å². The van der Waals surface area contributed by atoms with Crippen molar-refractivity contribution in [2.75, 3.05) is 11.9 Å². The Balaban J connectivity index is 2.39. The maximum atomic E-state index is 8.21. The lowest BCUT2D eigenvalue weighted by atomic mass is 10.3. The molecule has 1 rings (SSSR count). The topological polar surface area (TPSA) is 58.0 Å². The number of hydrogen-bond acceptors (Lipinski definition) is 2. The number of rotatable bonds is 6. The van der Waals surface area contributed by atoms with Crippen LogP contribution in [0.25, 0.3) is 10.4 Å². The smallest absolute Gasteiger partial charge is 0.119 e. The minimum atomic E-state index is 0.602. The first-order valence-corrected chi connectivity index (χ1v) is 5.83. The zero-order chi connectivity index (χ0) is 10.9. The van der Waals surface area contributed by atoms with Crippen LogP contribution in [0, 0.1) is 0 Å². The second-order valence-corrected chi connectivity index (χ2v) is 3.72. The summed E-state index contributed by atoms with van der Waals surface area (Å²) in [5, 5.41) is 4.48. The van der Waals surface area contributed by atoms with Crippen molar-refractivity contribution in [1.82, 2.24) is 0 Å². The van der Waals surface area contributed by atoms with Gasteiger partial charge in [0, 0.05) is 15.9 Å². The summed E-state index contributed by atoms with van der Waals surface area (Å²) in [5.74, 6) is 0.807. The number of ether oxygens (including phenoxy) is 1. The van der Waals surface area contributed by atoms with E-state index in [9.17, 15) is 0 Å². The highest BCUT2D eigenvalue weighted by Gasteiger charge is 1.93. The first-order chi connectivity index (χ1) is 7.36. The summed E-state index contributed by atoms with van der Waals surface area (Å²) >= 11 is 3.36.